The average Bonchev–Trinajstić information content (AvgIpc) is 2.86. The van der Waals surface area contributed by atoms with Crippen molar-refractivity contribution in [3.8, 4) is 0 Å². The number of morpholine rings is 1. The van der Waals surface area contributed by atoms with Gasteiger partial charge in [-0.1, -0.05) is 25.0 Å². The number of carbonyl (C=O) groups is 1. The van der Waals surface area contributed by atoms with Crippen LogP contribution in [-0.4, -0.2) is 49.7 Å². The van der Waals surface area contributed by atoms with Gasteiger partial charge in [-0.15, -0.1) is 24.8 Å². The van der Waals surface area contributed by atoms with Gasteiger partial charge in [-0.05, 0) is 43.6 Å². The summed E-state index contributed by atoms with van der Waals surface area (Å²) in [6, 6.07) is 8.40. The van der Waals surface area contributed by atoms with Crippen molar-refractivity contribution in [2.24, 2.45) is 0 Å². The summed E-state index contributed by atoms with van der Waals surface area (Å²) in [6.45, 7) is 5.59. The molecule has 1 aromatic carbocycles. The fraction of sp³-hybridized carbons (Fsp3) is 0.632. The van der Waals surface area contributed by atoms with Gasteiger partial charge < -0.3 is 15.4 Å². The molecular formula is C19H31Cl2N3O2. The summed E-state index contributed by atoms with van der Waals surface area (Å²) < 4.78 is 5.38. The summed E-state index contributed by atoms with van der Waals surface area (Å²) in [5.74, 6) is 0.0401. The molecule has 2 fully saturated rings. The number of hydrogen-bond donors (Lipinski definition) is 2. The second-order valence-electron chi connectivity index (χ2n) is 6.87. The fourth-order valence-corrected chi connectivity index (χ4v) is 3.43. The Morgan fingerprint density at radius 1 is 1.12 bits per heavy atom. The first-order valence-corrected chi connectivity index (χ1v) is 9.22. The zero-order chi connectivity index (χ0) is 16.6. The third kappa shape index (κ3) is 7.80. The molecule has 2 heterocycles. The number of nitrogens with zero attached hydrogens (tertiary/aromatic N) is 1. The van der Waals surface area contributed by atoms with Gasteiger partial charge in [0.1, 0.15) is 0 Å². The number of rotatable bonds is 5. The van der Waals surface area contributed by atoms with Gasteiger partial charge in [-0.3, -0.25) is 9.69 Å². The van der Waals surface area contributed by atoms with Crippen LogP contribution in [0.1, 0.15) is 37.7 Å². The van der Waals surface area contributed by atoms with E-state index in [1.807, 2.05) is 12.1 Å². The van der Waals surface area contributed by atoms with E-state index in [4.69, 9.17) is 4.74 Å². The van der Waals surface area contributed by atoms with Crippen molar-refractivity contribution in [3.63, 3.8) is 0 Å². The summed E-state index contributed by atoms with van der Waals surface area (Å²) in [7, 11) is 0. The van der Waals surface area contributed by atoms with Gasteiger partial charge in [0.05, 0.1) is 13.2 Å². The highest BCUT2D eigenvalue weighted by Crippen LogP contribution is 2.15. The zero-order valence-electron chi connectivity index (χ0n) is 15.2. The molecule has 1 unspecified atom stereocenters. The van der Waals surface area contributed by atoms with Crippen LogP contribution >= 0.6 is 24.8 Å². The lowest BCUT2D eigenvalue weighted by molar-refractivity contribution is -0.117. The van der Waals surface area contributed by atoms with Gasteiger partial charge in [0.2, 0.25) is 5.91 Å². The molecule has 2 saturated heterocycles. The molecule has 0 radical (unpaired) electrons. The smallest absolute Gasteiger partial charge is 0.226 e. The van der Waals surface area contributed by atoms with Crippen LogP contribution < -0.4 is 10.6 Å². The van der Waals surface area contributed by atoms with Crippen LogP contribution in [0.25, 0.3) is 0 Å². The van der Waals surface area contributed by atoms with E-state index < -0.39 is 0 Å². The Balaban J connectivity index is 0.00000169. The number of likely N-dealkylation sites (tertiary alicyclic amines) is 1. The lowest BCUT2D eigenvalue weighted by atomic mass is 10.1. The largest absolute Gasteiger partial charge is 0.378 e. The normalized spacial score (nSPS) is 21.0. The molecule has 7 heteroatoms. The number of hydrogen-bond acceptors (Lipinski definition) is 4. The van der Waals surface area contributed by atoms with Gasteiger partial charge in [-0.25, -0.2) is 0 Å². The van der Waals surface area contributed by atoms with E-state index in [1.54, 1.807) is 0 Å². The number of ether oxygens (including phenoxy) is 1. The second-order valence-corrected chi connectivity index (χ2v) is 6.87. The number of benzene rings is 1. The quantitative estimate of drug-likeness (QED) is 0.792. The highest BCUT2D eigenvalue weighted by Gasteiger charge is 2.17. The molecule has 0 aromatic heterocycles. The molecule has 1 amide bonds. The van der Waals surface area contributed by atoms with Crippen molar-refractivity contribution < 1.29 is 9.53 Å². The van der Waals surface area contributed by atoms with Crippen LogP contribution in [0.5, 0.6) is 0 Å². The Morgan fingerprint density at radius 2 is 1.81 bits per heavy atom. The highest BCUT2D eigenvalue weighted by molar-refractivity contribution is 5.91. The first-order valence-electron chi connectivity index (χ1n) is 9.22. The molecule has 1 atom stereocenters. The molecule has 1 aromatic rings. The third-order valence-electron chi connectivity index (χ3n) is 4.77. The van der Waals surface area contributed by atoms with E-state index >= 15 is 0 Å². The maximum Gasteiger partial charge on any atom is 0.226 e. The van der Waals surface area contributed by atoms with Gasteiger partial charge in [0.15, 0.2) is 0 Å². The van der Waals surface area contributed by atoms with E-state index in [2.05, 4.69) is 27.7 Å². The van der Waals surface area contributed by atoms with Crippen molar-refractivity contribution in [2.45, 2.75) is 44.7 Å². The third-order valence-corrected chi connectivity index (χ3v) is 4.77. The maximum atomic E-state index is 12.1. The monoisotopic (exact) mass is 403 g/mol. The minimum Gasteiger partial charge on any atom is -0.378 e. The average molecular weight is 404 g/mol. The Hall–Kier alpha value is -0.850. The van der Waals surface area contributed by atoms with E-state index in [0.717, 1.165) is 25.4 Å². The molecule has 5 nitrogen and oxygen atoms in total. The summed E-state index contributed by atoms with van der Waals surface area (Å²) in [6.07, 6.45) is 5.81. The first kappa shape index (κ1) is 23.2. The number of amides is 1. The molecule has 2 aliphatic rings. The lowest BCUT2D eigenvalue weighted by Gasteiger charge is -2.23. The van der Waals surface area contributed by atoms with Gasteiger partial charge >= 0.3 is 0 Å². The van der Waals surface area contributed by atoms with Crippen molar-refractivity contribution in [1.82, 2.24) is 10.2 Å². The van der Waals surface area contributed by atoms with Gasteiger partial charge in [0.25, 0.3) is 0 Å². The second kappa shape index (κ2) is 12.5. The van der Waals surface area contributed by atoms with Crippen LogP contribution in [0, 0.1) is 0 Å². The van der Waals surface area contributed by atoms with Crippen molar-refractivity contribution in [1.29, 1.82) is 0 Å². The standard InChI is InChI=1S/C19H29N3O2.2ClH/c23-19(13-18-15-24-12-9-20-18)21-17-7-5-16(6-8-17)14-22-10-3-1-2-4-11-22;;/h5-8,18,20H,1-4,9-15H2,(H,21,23);2*1H. The van der Waals surface area contributed by atoms with Crippen LogP contribution in [0.15, 0.2) is 24.3 Å². The van der Waals surface area contributed by atoms with Crippen LogP contribution in [0.2, 0.25) is 0 Å². The maximum absolute atomic E-state index is 12.1. The molecule has 0 aliphatic carbocycles. The molecule has 0 saturated carbocycles. The molecule has 0 bridgehead atoms. The van der Waals surface area contributed by atoms with Crippen molar-refractivity contribution in [3.05, 3.63) is 29.8 Å². The number of anilines is 1. The minimum atomic E-state index is 0. The van der Waals surface area contributed by atoms with Gasteiger partial charge in [-0.2, -0.15) is 0 Å². The fourth-order valence-electron chi connectivity index (χ4n) is 3.43. The summed E-state index contributed by atoms with van der Waals surface area (Å²) >= 11 is 0. The number of carbonyl (C=O) groups excluding carboxylic acids is 1. The summed E-state index contributed by atoms with van der Waals surface area (Å²) in [5.41, 5.74) is 2.19. The van der Waals surface area contributed by atoms with Crippen LogP contribution in [0.4, 0.5) is 5.69 Å². The minimum absolute atomic E-state index is 0. The predicted octanol–water partition coefficient (Wildman–Crippen LogP) is 3.22. The Kier molecular flexibility index (Phi) is 11.2. The first-order chi connectivity index (χ1) is 11.8. The Labute approximate surface area is 169 Å². The molecular weight excluding hydrogens is 373 g/mol. The predicted molar refractivity (Wildman–Crippen MR) is 111 cm³/mol. The Bertz CT molecular complexity index is 514. The topological polar surface area (TPSA) is 53.6 Å². The van der Waals surface area contributed by atoms with Crippen molar-refractivity contribution >= 4 is 36.4 Å². The Morgan fingerprint density at radius 3 is 2.42 bits per heavy atom. The molecule has 2 N–H and O–H groups in total. The zero-order valence-corrected chi connectivity index (χ0v) is 16.9. The van der Waals surface area contributed by atoms with E-state index in [0.29, 0.717) is 13.0 Å². The highest BCUT2D eigenvalue weighted by atomic mass is 35.5. The van der Waals surface area contributed by atoms with Crippen LogP contribution in [-0.2, 0) is 16.1 Å². The molecule has 3 rings (SSSR count). The number of nitrogens with one attached hydrogen (secondary N) is 2. The molecule has 148 valence electrons. The number of halogens is 2. The molecule has 2 aliphatic heterocycles. The van der Waals surface area contributed by atoms with Crippen molar-refractivity contribution in [2.75, 3.05) is 38.2 Å². The summed E-state index contributed by atoms with van der Waals surface area (Å²) in [4.78, 5) is 14.6. The summed E-state index contributed by atoms with van der Waals surface area (Å²) in [5, 5.41) is 6.29. The van der Waals surface area contributed by atoms with E-state index in [9.17, 15) is 4.79 Å². The molecule has 26 heavy (non-hydrogen) atoms. The molecule has 0 spiro atoms. The lowest BCUT2D eigenvalue weighted by Crippen LogP contribution is -2.43. The van der Waals surface area contributed by atoms with E-state index in [-0.39, 0.29) is 36.8 Å². The van der Waals surface area contributed by atoms with Crippen LogP contribution in [0.3, 0.4) is 0 Å². The SMILES string of the molecule is Cl.Cl.O=C(CC1COCCN1)Nc1ccc(CN2CCCCCC2)cc1. The van der Waals surface area contributed by atoms with Gasteiger partial charge in [0, 0.05) is 31.2 Å². The van der Waals surface area contributed by atoms with E-state index in [1.165, 1.54) is 44.3 Å².